The van der Waals surface area contributed by atoms with Crippen LogP contribution < -0.4 is 9.47 Å². The van der Waals surface area contributed by atoms with E-state index in [1.165, 1.54) is 11.3 Å². The molecule has 0 aliphatic rings. The van der Waals surface area contributed by atoms with Gasteiger partial charge in [-0.15, -0.1) is 0 Å². The molecule has 0 fully saturated rings. The molecule has 2 heteroatoms. The summed E-state index contributed by atoms with van der Waals surface area (Å²) in [7, 11) is 2.14. The molecular formula is C15H19N2+. The fraction of sp³-hybridized carbons (Fsp3) is 0.267. The third-order valence-corrected chi connectivity index (χ3v) is 2.91. The van der Waals surface area contributed by atoms with E-state index < -0.39 is 0 Å². The van der Waals surface area contributed by atoms with Crippen LogP contribution in [0.15, 0.2) is 54.9 Å². The van der Waals surface area contributed by atoms with E-state index in [1.54, 1.807) is 0 Å². The van der Waals surface area contributed by atoms with Crippen LogP contribution in [-0.4, -0.2) is 13.6 Å². The standard InChI is InChI=1S/C15H19N2/c1-14-7-6-8-15(13-14)16(2)11-12-17-9-4-3-5-10-17/h3-10,13H,11-12H2,1-2H3/q+1. The van der Waals surface area contributed by atoms with Crippen molar-refractivity contribution < 1.29 is 4.57 Å². The van der Waals surface area contributed by atoms with Gasteiger partial charge in [0.05, 0.1) is 6.54 Å². The monoisotopic (exact) mass is 227 g/mol. The Hall–Kier alpha value is -1.83. The molecule has 0 bridgehead atoms. The maximum atomic E-state index is 2.28. The van der Waals surface area contributed by atoms with Crippen LogP contribution in [0.4, 0.5) is 5.69 Å². The van der Waals surface area contributed by atoms with Crippen molar-refractivity contribution in [1.82, 2.24) is 0 Å². The summed E-state index contributed by atoms with van der Waals surface area (Å²) in [5, 5.41) is 0. The Balaban J connectivity index is 1.96. The second-order valence-corrected chi connectivity index (χ2v) is 4.37. The summed E-state index contributed by atoms with van der Waals surface area (Å²) in [5.74, 6) is 0. The van der Waals surface area contributed by atoms with Gasteiger partial charge in [-0.25, -0.2) is 4.57 Å². The molecule has 17 heavy (non-hydrogen) atoms. The van der Waals surface area contributed by atoms with Gasteiger partial charge in [-0.05, 0) is 24.6 Å². The summed E-state index contributed by atoms with van der Waals surface area (Å²) in [4.78, 5) is 2.28. The van der Waals surface area contributed by atoms with Crippen LogP contribution >= 0.6 is 0 Å². The van der Waals surface area contributed by atoms with E-state index >= 15 is 0 Å². The summed E-state index contributed by atoms with van der Waals surface area (Å²) in [6.45, 7) is 4.15. The SMILES string of the molecule is Cc1cccc(N(C)CC[n+]2ccccc2)c1. The number of nitrogens with zero attached hydrogens (tertiary/aromatic N) is 2. The number of aromatic nitrogens is 1. The largest absolute Gasteiger partial charge is 0.368 e. The minimum Gasteiger partial charge on any atom is -0.368 e. The summed E-state index contributed by atoms with van der Waals surface area (Å²) >= 11 is 0. The molecule has 2 nitrogen and oxygen atoms in total. The van der Waals surface area contributed by atoms with Crippen molar-refractivity contribution in [1.29, 1.82) is 0 Å². The Morgan fingerprint density at radius 1 is 1.06 bits per heavy atom. The number of rotatable bonds is 4. The maximum Gasteiger partial charge on any atom is 0.168 e. The smallest absolute Gasteiger partial charge is 0.168 e. The fourth-order valence-corrected chi connectivity index (χ4v) is 1.84. The number of anilines is 1. The molecule has 0 amide bonds. The van der Waals surface area contributed by atoms with Gasteiger partial charge in [0, 0.05) is 24.9 Å². The summed E-state index contributed by atoms with van der Waals surface area (Å²) in [5.41, 5.74) is 2.59. The normalized spacial score (nSPS) is 10.2. The van der Waals surface area contributed by atoms with Crippen molar-refractivity contribution in [2.75, 3.05) is 18.5 Å². The van der Waals surface area contributed by atoms with Crippen LogP contribution in [0.5, 0.6) is 0 Å². The lowest BCUT2D eigenvalue weighted by atomic mass is 10.2. The van der Waals surface area contributed by atoms with Crippen molar-refractivity contribution in [3.05, 3.63) is 60.4 Å². The molecule has 1 aromatic heterocycles. The molecule has 0 aliphatic carbocycles. The molecule has 0 saturated carbocycles. The van der Waals surface area contributed by atoms with E-state index in [2.05, 4.69) is 72.2 Å². The molecule has 0 atom stereocenters. The average Bonchev–Trinajstić information content (AvgIpc) is 2.37. The zero-order valence-corrected chi connectivity index (χ0v) is 10.5. The van der Waals surface area contributed by atoms with Crippen LogP contribution in [0.1, 0.15) is 5.56 Å². The molecule has 0 saturated heterocycles. The molecule has 0 radical (unpaired) electrons. The van der Waals surface area contributed by atoms with Crippen LogP contribution in [0.2, 0.25) is 0 Å². The molecular weight excluding hydrogens is 208 g/mol. The zero-order valence-electron chi connectivity index (χ0n) is 10.5. The van der Waals surface area contributed by atoms with Crippen LogP contribution in [0, 0.1) is 6.92 Å². The second kappa shape index (κ2) is 5.48. The highest BCUT2D eigenvalue weighted by Crippen LogP contribution is 2.13. The molecule has 0 N–H and O–H groups in total. The van der Waals surface area contributed by atoms with Crippen molar-refractivity contribution >= 4 is 5.69 Å². The Morgan fingerprint density at radius 2 is 1.82 bits per heavy atom. The topological polar surface area (TPSA) is 7.12 Å². The Bertz CT molecular complexity index is 465. The van der Waals surface area contributed by atoms with Gasteiger partial charge in [0.2, 0.25) is 0 Å². The minimum atomic E-state index is 1.01. The lowest BCUT2D eigenvalue weighted by Gasteiger charge is -2.17. The second-order valence-electron chi connectivity index (χ2n) is 4.37. The van der Waals surface area contributed by atoms with E-state index in [1.807, 2.05) is 6.07 Å². The first-order chi connectivity index (χ1) is 8.25. The zero-order chi connectivity index (χ0) is 12.1. The molecule has 1 heterocycles. The van der Waals surface area contributed by atoms with Gasteiger partial charge >= 0.3 is 0 Å². The highest BCUT2D eigenvalue weighted by molar-refractivity contribution is 5.47. The van der Waals surface area contributed by atoms with E-state index in [4.69, 9.17) is 0 Å². The number of likely N-dealkylation sites (N-methyl/N-ethyl adjacent to an activating group) is 1. The molecule has 0 unspecified atom stereocenters. The highest BCUT2D eigenvalue weighted by atomic mass is 15.1. The summed E-state index contributed by atoms with van der Waals surface area (Å²) in [6, 6.07) is 14.8. The van der Waals surface area contributed by atoms with Gasteiger partial charge in [-0.2, -0.15) is 0 Å². The van der Waals surface area contributed by atoms with Crippen molar-refractivity contribution in [3.63, 3.8) is 0 Å². The lowest BCUT2D eigenvalue weighted by Crippen LogP contribution is -2.38. The Morgan fingerprint density at radius 3 is 2.53 bits per heavy atom. The quantitative estimate of drug-likeness (QED) is 0.728. The number of hydrogen-bond acceptors (Lipinski definition) is 1. The van der Waals surface area contributed by atoms with Crippen molar-refractivity contribution in [2.45, 2.75) is 13.5 Å². The fourth-order valence-electron chi connectivity index (χ4n) is 1.84. The molecule has 0 aliphatic heterocycles. The van der Waals surface area contributed by atoms with Gasteiger partial charge in [0.25, 0.3) is 0 Å². The van der Waals surface area contributed by atoms with E-state index in [9.17, 15) is 0 Å². The first-order valence-corrected chi connectivity index (χ1v) is 5.97. The highest BCUT2D eigenvalue weighted by Gasteiger charge is 2.04. The first kappa shape index (κ1) is 11.6. The van der Waals surface area contributed by atoms with Crippen molar-refractivity contribution in [2.24, 2.45) is 0 Å². The van der Waals surface area contributed by atoms with Gasteiger partial charge < -0.3 is 4.90 Å². The molecule has 2 aromatic rings. The molecule has 0 spiro atoms. The van der Waals surface area contributed by atoms with E-state index in [-0.39, 0.29) is 0 Å². The van der Waals surface area contributed by atoms with Crippen LogP contribution in [0.3, 0.4) is 0 Å². The molecule has 1 aromatic carbocycles. The van der Waals surface area contributed by atoms with Gasteiger partial charge in [0.1, 0.15) is 0 Å². The third kappa shape index (κ3) is 3.31. The van der Waals surface area contributed by atoms with Crippen LogP contribution in [-0.2, 0) is 6.54 Å². The number of aryl methyl sites for hydroxylation is 1. The maximum absolute atomic E-state index is 2.28. The number of hydrogen-bond donors (Lipinski definition) is 0. The molecule has 2 rings (SSSR count). The Labute approximate surface area is 103 Å². The van der Waals surface area contributed by atoms with Gasteiger partial charge in [-0.3, -0.25) is 0 Å². The molecule has 88 valence electrons. The van der Waals surface area contributed by atoms with E-state index in [0.717, 1.165) is 13.1 Å². The number of pyridine rings is 1. The summed E-state index contributed by atoms with van der Waals surface area (Å²) in [6.07, 6.45) is 4.20. The number of benzene rings is 1. The average molecular weight is 227 g/mol. The van der Waals surface area contributed by atoms with Gasteiger partial charge in [-0.1, -0.05) is 18.2 Å². The predicted octanol–water partition coefficient (Wildman–Crippen LogP) is 2.42. The van der Waals surface area contributed by atoms with Crippen LogP contribution in [0.25, 0.3) is 0 Å². The Kier molecular flexibility index (Phi) is 3.76. The first-order valence-electron chi connectivity index (χ1n) is 5.97. The predicted molar refractivity (Wildman–Crippen MR) is 71.1 cm³/mol. The summed E-state index contributed by atoms with van der Waals surface area (Å²) < 4.78 is 2.20. The minimum absolute atomic E-state index is 1.01. The third-order valence-electron chi connectivity index (χ3n) is 2.91. The van der Waals surface area contributed by atoms with E-state index in [0.29, 0.717) is 0 Å². The lowest BCUT2D eigenvalue weighted by molar-refractivity contribution is -0.694. The van der Waals surface area contributed by atoms with Gasteiger partial charge in [0.15, 0.2) is 18.9 Å². The van der Waals surface area contributed by atoms with Crippen molar-refractivity contribution in [3.8, 4) is 0 Å².